The SMILES string of the molecule is COc1cc([C@@H](O)[C@H](CO[C@@H]2OC[C@@H](O)[C@H](O)[C@H]2O)Oc2ccccc2OC)ccc1OCc1ccccc1. The standard InChI is InChI=1S/C29H34O10/c1-34-21-10-6-7-11-23(21)39-25(17-38-29-28(33)27(32)20(30)16-37-29)26(31)19-12-13-22(24(14-19)35-2)36-15-18-8-4-3-5-9-18/h3-14,20,25-33H,15-17H2,1-2H3/t20-,25+,26-,27+,28-,29+/m1/s1. The lowest BCUT2D eigenvalue weighted by Crippen LogP contribution is -2.54. The molecule has 4 N–H and O–H groups in total. The predicted octanol–water partition coefficient (Wildman–Crippen LogP) is 2.22. The minimum absolute atomic E-state index is 0.217. The second-order valence-corrected chi connectivity index (χ2v) is 9.02. The second kappa shape index (κ2) is 13.6. The van der Waals surface area contributed by atoms with Crippen molar-refractivity contribution in [3.63, 3.8) is 0 Å². The van der Waals surface area contributed by atoms with Crippen LogP contribution in [0.1, 0.15) is 17.2 Å². The minimum Gasteiger partial charge on any atom is -0.493 e. The van der Waals surface area contributed by atoms with E-state index in [1.165, 1.54) is 14.2 Å². The quantitative estimate of drug-likeness (QED) is 0.270. The first-order valence-corrected chi connectivity index (χ1v) is 12.5. The number of hydrogen-bond acceptors (Lipinski definition) is 10. The lowest BCUT2D eigenvalue weighted by Gasteiger charge is -2.36. The summed E-state index contributed by atoms with van der Waals surface area (Å²) in [6, 6.07) is 21.7. The first-order valence-electron chi connectivity index (χ1n) is 12.5. The molecule has 210 valence electrons. The number of ether oxygens (including phenoxy) is 6. The maximum Gasteiger partial charge on any atom is 0.186 e. The molecule has 10 heteroatoms. The van der Waals surface area contributed by atoms with Crippen molar-refractivity contribution >= 4 is 0 Å². The molecule has 1 saturated heterocycles. The van der Waals surface area contributed by atoms with E-state index in [4.69, 9.17) is 28.4 Å². The molecule has 1 heterocycles. The molecule has 0 spiro atoms. The summed E-state index contributed by atoms with van der Waals surface area (Å²) in [4.78, 5) is 0. The average molecular weight is 543 g/mol. The van der Waals surface area contributed by atoms with E-state index in [-0.39, 0.29) is 13.2 Å². The van der Waals surface area contributed by atoms with Crippen LogP contribution in [0.3, 0.4) is 0 Å². The van der Waals surface area contributed by atoms with Crippen LogP contribution in [0.2, 0.25) is 0 Å². The van der Waals surface area contributed by atoms with E-state index in [0.717, 1.165) is 5.56 Å². The third-order valence-corrected chi connectivity index (χ3v) is 6.34. The van der Waals surface area contributed by atoms with Crippen molar-refractivity contribution in [2.75, 3.05) is 27.4 Å². The van der Waals surface area contributed by atoms with Gasteiger partial charge in [0.2, 0.25) is 0 Å². The molecule has 0 saturated carbocycles. The summed E-state index contributed by atoms with van der Waals surface area (Å²) in [7, 11) is 3.01. The van der Waals surface area contributed by atoms with Gasteiger partial charge in [0.1, 0.15) is 31.0 Å². The van der Waals surface area contributed by atoms with Crippen LogP contribution in [0.5, 0.6) is 23.0 Å². The molecular weight excluding hydrogens is 508 g/mol. The number of hydrogen-bond donors (Lipinski definition) is 4. The average Bonchev–Trinajstić information content (AvgIpc) is 2.98. The molecule has 6 atom stereocenters. The molecule has 10 nitrogen and oxygen atoms in total. The zero-order valence-corrected chi connectivity index (χ0v) is 21.8. The Bertz CT molecular complexity index is 1170. The molecule has 1 aliphatic rings. The maximum absolute atomic E-state index is 11.4. The molecular formula is C29H34O10. The summed E-state index contributed by atoms with van der Waals surface area (Å²) in [6.45, 7) is -0.111. The fourth-order valence-electron chi connectivity index (χ4n) is 4.12. The largest absolute Gasteiger partial charge is 0.493 e. The van der Waals surface area contributed by atoms with Gasteiger partial charge in [-0.05, 0) is 35.4 Å². The van der Waals surface area contributed by atoms with Gasteiger partial charge in [-0.2, -0.15) is 0 Å². The Morgan fingerprint density at radius 2 is 1.51 bits per heavy atom. The van der Waals surface area contributed by atoms with Crippen molar-refractivity contribution in [2.24, 2.45) is 0 Å². The van der Waals surface area contributed by atoms with Crippen LogP contribution in [-0.4, -0.2) is 78.6 Å². The zero-order chi connectivity index (χ0) is 27.8. The molecule has 1 aliphatic heterocycles. The van der Waals surface area contributed by atoms with Crippen LogP contribution in [0.25, 0.3) is 0 Å². The smallest absolute Gasteiger partial charge is 0.186 e. The van der Waals surface area contributed by atoms with E-state index in [2.05, 4.69) is 0 Å². The summed E-state index contributed by atoms with van der Waals surface area (Å²) in [5.41, 5.74) is 1.46. The third kappa shape index (κ3) is 7.18. The molecule has 0 aliphatic carbocycles. The Morgan fingerprint density at radius 3 is 2.23 bits per heavy atom. The van der Waals surface area contributed by atoms with Gasteiger partial charge in [-0.3, -0.25) is 0 Å². The van der Waals surface area contributed by atoms with Gasteiger partial charge in [0.15, 0.2) is 35.4 Å². The topological polar surface area (TPSA) is 136 Å². The van der Waals surface area contributed by atoms with Gasteiger partial charge in [0.25, 0.3) is 0 Å². The van der Waals surface area contributed by atoms with Crippen LogP contribution in [0, 0.1) is 0 Å². The minimum atomic E-state index is -1.49. The number of methoxy groups -OCH3 is 2. The summed E-state index contributed by atoms with van der Waals surface area (Å²) in [5.74, 6) is 1.73. The van der Waals surface area contributed by atoms with Gasteiger partial charge in [-0.15, -0.1) is 0 Å². The Balaban J connectivity index is 1.53. The van der Waals surface area contributed by atoms with E-state index >= 15 is 0 Å². The van der Waals surface area contributed by atoms with Crippen molar-refractivity contribution in [3.05, 3.63) is 83.9 Å². The highest BCUT2D eigenvalue weighted by Crippen LogP contribution is 2.35. The van der Waals surface area contributed by atoms with Crippen molar-refractivity contribution < 1.29 is 48.8 Å². The normalized spacial score (nSPS) is 22.5. The Labute approximate surface area is 226 Å². The monoisotopic (exact) mass is 542 g/mol. The molecule has 0 bridgehead atoms. The third-order valence-electron chi connectivity index (χ3n) is 6.34. The Morgan fingerprint density at radius 1 is 0.821 bits per heavy atom. The van der Waals surface area contributed by atoms with Gasteiger partial charge in [-0.1, -0.05) is 48.5 Å². The summed E-state index contributed by atoms with van der Waals surface area (Å²) in [6.07, 6.45) is -7.61. The van der Waals surface area contributed by atoms with Gasteiger partial charge >= 0.3 is 0 Å². The van der Waals surface area contributed by atoms with Gasteiger partial charge in [-0.25, -0.2) is 0 Å². The van der Waals surface area contributed by atoms with Crippen molar-refractivity contribution in [1.29, 1.82) is 0 Å². The highest BCUT2D eigenvalue weighted by molar-refractivity contribution is 5.44. The first-order chi connectivity index (χ1) is 18.9. The molecule has 0 unspecified atom stereocenters. The number of rotatable bonds is 12. The fourth-order valence-corrected chi connectivity index (χ4v) is 4.12. The highest BCUT2D eigenvalue weighted by Gasteiger charge is 2.39. The number of aliphatic hydroxyl groups is 4. The zero-order valence-electron chi connectivity index (χ0n) is 21.8. The molecule has 1 fully saturated rings. The number of aliphatic hydroxyl groups excluding tert-OH is 4. The maximum atomic E-state index is 11.4. The molecule has 4 rings (SSSR count). The molecule has 0 radical (unpaired) electrons. The van der Waals surface area contributed by atoms with E-state index < -0.39 is 36.8 Å². The van der Waals surface area contributed by atoms with Crippen LogP contribution >= 0.6 is 0 Å². The molecule has 39 heavy (non-hydrogen) atoms. The van der Waals surface area contributed by atoms with Crippen LogP contribution in [0.4, 0.5) is 0 Å². The van der Waals surface area contributed by atoms with Crippen molar-refractivity contribution in [3.8, 4) is 23.0 Å². The molecule has 0 amide bonds. The molecule has 3 aromatic carbocycles. The highest BCUT2D eigenvalue weighted by atomic mass is 16.7. The lowest BCUT2D eigenvalue weighted by atomic mass is 10.0. The van der Waals surface area contributed by atoms with Crippen LogP contribution in [-0.2, 0) is 16.1 Å². The predicted molar refractivity (Wildman–Crippen MR) is 140 cm³/mol. The van der Waals surface area contributed by atoms with E-state index in [1.54, 1.807) is 42.5 Å². The fraction of sp³-hybridized carbons (Fsp3) is 0.379. The van der Waals surface area contributed by atoms with Crippen LogP contribution in [0.15, 0.2) is 72.8 Å². The summed E-state index contributed by atoms with van der Waals surface area (Å²) < 4.78 is 34.0. The Kier molecular flexibility index (Phi) is 9.99. The Hall–Kier alpha value is -3.38. The summed E-state index contributed by atoms with van der Waals surface area (Å²) >= 11 is 0. The van der Waals surface area contributed by atoms with Crippen LogP contribution < -0.4 is 18.9 Å². The molecule has 0 aromatic heterocycles. The first kappa shape index (κ1) is 28.6. The number of para-hydroxylation sites is 2. The van der Waals surface area contributed by atoms with Gasteiger partial charge < -0.3 is 48.8 Å². The van der Waals surface area contributed by atoms with Crippen molar-refractivity contribution in [2.45, 2.75) is 43.4 Å². The van der Waals surface area contributed by atoms with E-state index in [0.29, 0.717) is 35.2 Å². The van der Waals surface area contributed by atoms with Gasteiger partial charge in [0, 0.05) is 0 Å². The van der Waals surface area contributed by atoms with E-state index in [9.17, 15) is 20.4 Å². The summed E-state index contributed by atoms with van der Waals surface area (Å²) in [5, 5.41) is 41.4. The second-order valence-electron chi connectivity index (χ2n) is 9.02. The molecule has 3 aromatic rings. The number of benzene rings is 3. The van der Waals surface area contributed by atoms with Gasteiger partial charge in [0.05, 0.1) is 27.4 Å². The van der Waals surface area contributed by atoms with E-state index in [1.807, 2.05) is 30.3 Å². The van der Waals surface area contributed by atoms with Crippen molar-refractivity contribution in [1.82, 2.24) is 0 Å². The lowest BCUT2D eigenvalue weighted by molar-refractivity contribution is -0.275.